The summed E-state index contributed by atoms with van der Waals surface area (Å²) >= 11 is 0. The quantitative estimate of drug-likeness (QED) is 0.467. The Morgan fingerprint density at radius 3 is 2.29 bits per heavy atom. The Balaban J connectivity index is 1.67. The molecule has 0 heterocycles. The lowest BCUT2D eigenvalue weighted by Crippen LogP contribution is -2.48. The van der Waals surface area contributed by atoms with E-state index in [1.165, 1.54) is 0 Å². The minimum absolute atomic E-state index is 0.170. The number of methoxy groups -OCH3 is 1. The maximum atomic E-state index is 12.9. The number of rotatable bonds is 9. The lowest BCUT2D eigenvalue weighted by atomic mass is 10.0. The molecule has 0 aliphatic rings. The van der Waals surface area contributed by atoms with Crippen LogP contribution < -0.4 is 21.1 Å². The van der Waals surface area contributed by atoms with Gasteiger partial charge in [0.2, 0.25) is 11.8 Å². The molecule has 0 aliphatic carbocycles. The number of hydrogen-bond donors (Lipinski definition) is 3. The van der Waals surface area contributed by atoms with Gasteiger partial charge in [0, 0.05) is 18.7 Å². The molecule has 3 aromatic rings. The largest absolute Gasteiger partial charge is 0.497 e. The number of hydrogen-bond acceptors (Lipinski definition) is 4. The van der Waals surface area contributed by atoms with E-state index in [0.29, 0.717) is 18.7 Å². The third-order valence-electron chi connectivity index (χ3n) is 4.88. The summed E-state index contributed by atoms with van der Waals surface area (Å²) in [6.07, 6.45) is 0.517. The van der Waals surface area contributed by atoms with Gasteiger partial charge in [-0.1, -0.05) is 54.6 Å². The number of benzene rings is 3. The molecule has 0 bridgehead atoms. The van der Waals surface area contributed by atoms with Crippen molar-refractivity contribution in [1.82, 2.24) is 10.6 Å². The van der Waals surface area contributed by atoms with E-state index >= 15 is 0 Å². The SMILES string of the molecule is COc1ccc(CC(=O)NC(Cc2cccc(N)c2)C(=O)NCc2ccccc2)cc1. The van der Waals surface area contributed by atoms with Gasteiger partial charge < -0.3 is 21.1 Å². The molecule has 0 aromatic heterocycles. The zero-order valence-electron chi connectivity index (χ0n) is 17.5. The highest BCUT2D eigenvalue weighted by molar-refractivity contribution is 5.88. The van der Waals surface area contributed by atoms with Crippen LogP contribution in [-0.2, 0) is 29.0 Å². The lowest BCUT2D eigenvalue weighted by molar-refractivity contribution is -0.128. The van der Waals surface area contributed by atoms with Gasteiger partial charge in [0.1, 0.15) is 11.8 Å². The smallest absolute Gasteiger partial charge is 0.243 e. The number of ether oxygens (including phenoxy) is 1. The van der Waals surface area contributed by atoms with Crippen LogP contribution in [0.3, 0.4) is 0 Å². The standard InChI is InChI=1S/C25H27N3O3/c1-31-22-12-10-18(11-13-22)16-24(29)28-23(15-20-8-5-9-21(26)14-20)25(30)27-17-19-6-3-2-4-7-19/h2-14,23H,15-17,26H2,1H3,(H,27,30)(H,28,29). The number of carbonyl (C=O) groups excluding carboxylic acids is 2. The average Bonchev–Trinajstić information content (AvgIpc) is 2.78. The van der Waals surface area contributed by atoms with Crippen LogP contribution in [0.1, 0.15) is 16.7 Å². The number of amides is 2. The van der Waals surface area contributed by atoms with Gasteiger partial charge in [-0.3, -0.25) is 9.59 Å². The third kappa shape index (κ3) is 6.89. The molecular formula is C25H27N3O3. The van der Waals surface area contributed by atoms with E-state index in [2.05, 4.69) is 10.6 Å². The fourth-order valence-corrected chi connectivity index (χ4v) is 3.25. The minimum Gasteiger partial charge on any atom is -0.497 e. The molecule has 6 heteroatoms. The first-order chi connectivity index (χ1) is 15.0. The summed E-state index contributed by atoms with van der Waals surface area (Å²) in [4.78, 5) is 25.6. The van der Waals surface area contributed by atoms with Crippen LogP contribution in [0.2, 0.25) is 0 Å². The normalized spacial score (nSPS) is 11.4. The molecule has 0 fully saturated rings. The molecule has 1 atom stereocenters. The van der Waals surface area contributed by atoms with Crippen molar-refractivity contribution in [3.63, 3.8) is 0 Å². The molecule has 0 saturated heterocycles. The maximum absolute atomic E-state index is 12.9. The molecule has 0 aliphatic heterocycles. The Bertz CT molecular complexity index is 1000. The van der Waals surface area contributed by atoms with E-state index in [4.69, 9.17) is 10.5 Å². The van der Waals surface area contributed by atoms with Crippen molar-refractivity contribution in [2.45, 2.75) is 25.4 Å². The maximum Gasteiger partial charge on any atom is 0.243 e. The lowest BCUT2D eigenvalue weighted by Gasteiger charge is -2.19. The van der Waals surface area contributed by atoms with E-state index in [9.17, 15) is 9.59 Å². The molecule has 0 spiro atoms. The summed E-state index contributed by atoms with van der Waals surface area (Å²) in [5.41, 5.74) is 9.20. The number of nitrogen functional groups attached to an aromatic ring is 1. The summed E-state index contributed by atoms with van der Waals surface area (Å²) in [7, 11) is 1.59. The highest BCUT2D eigenvalue weighted by Crippen LogP contribution is 2.13. The zero-order chi connectivity index (χ0) is 22.1. The predicted molar refractivity (Wildman–Crippen MR) is 121 cm³/mol. The molecule has 160 valence electrons. The van der Waals surface area contributed by atoms with Crippen molar-refractivity contribution in [3.8, 4) is 5.75 Å². The van der Waals surface area contributed by atoms with Gasteiger partial charge in [0.25, 0.3) is 0 Å². The van der Waals surface area contributed by atoms with Crippen LogP contribution in [-0.4, -0.2) is 25.0 Å². The molecule has 4 N–H and O–H groups in total. The van der Waals surface area contributed by atoms with Crippen molar-refractivity contribution in [2.75, 3.05) is 12.8 Å². The third-order valence-corrected chi connectivity index (χ3v) is 4.88. The average molecular weight is 418 g/mol. The molecule has 1 unspecified atom stereocenters. The van der Waals surface area contributed by atoms with E-state index in [0.717, 1.165) is 22.4 Å². The summed E-state index contributed by atoms with van der Waals surface area (Å²) in [6, 6.07) is 23.5. The second kappa shape index (κ2) is 10.8. The molecule has 2 amide bonds. The first-order valence-corrected chi connectivity index (χ1v) is 10.1. The molecule has 31 heavy (non-hydrogen) atoms. The Kier molecular flexibility index (Phi) is 7.65. The predicted octanol–water partition coefficient (Wildman–Crippen LogP) is 2.86. The van der Waals surface area contributed by atoms with Gasteiger partial charge >= 0.3 is 0 Å². The van der Waals surface area contributed by atoms with Gasteiger partial charge in [0.05, 0.1) is 13.5 Å². The fraction of sp³-hybridized carbons (Fsp3) is 0.200. The molecule has 3 rings (SSSR count). The van der Waals surface area contributed by atoms with E-state index in [1.807, 2.05) is 60.7 Å². The Hall–Kier alpha value is -3.80. The Morgan fingerprint density at radius 2 is 1.61 bits per heavy atom. The second-order valence-corrected chi connectivity index (χ2v) is 7.30. The van der Waals surface area contributed by atoms with Crippen molar-refractivity contribution in [3.05, 3.63) is 95.6 Å². The summed E-state index contributed by atoms with van der Waals surface area (Å²) in [5.74, 6) is 0.257. The molecule has 0 radical (unpaired) electrons. The monoisotopic (exact) mass is 417 g/mol. The van der Waals surface area contributed by atoms with Crippen LogP contribution >= 0.6 is 0 Å². The summed E-state index contributed by atoms with van der Waals surface area (Å²) in [6.45, 7) is 0.390. The van der Waals surface area contributed by atoms with Crippen LogP contribution in [0.4, 0.5) is 5.69 Å². The van der Waals surface area contributed by atoms with Gasteiger partial charge in [-0.05, 0) is 41.0 Å². The van der Waals surface area contributed by atoms with Crippen molar-refractivity contribution >= 4 is 17.5 Å². The topological polar surface area (TPSA) is 93.4 Å². The number of anilines is 1. The molecule has 0 saturated carbocycles. The summed E-state index contributed by atoms with van der Waals surface area (Å²) in [5, 5.41) is 5.79. The van der Waals surface area contributed by atoms with Crippen LogP contribution in [0, 0.1) is 0 Å². The highest BCUT2D eigenvalue weighted by Gasteiger charge is 2.21. The number of nitrogens with one attached hydrogen (secondary N) is 2. The number of carbonyl (C=O) groups is 2. The first kappa shape index (κ1) is 21.9. The highest BCUT2D eigenvalue weighted by atomic mass is 16.5. The second-order valence-electron chi connectivity index (χ2n) is 7.30. The van der Waals surface area contributed by atoms with Crippen molar-refractivity contribution in [2.24, 2.45) is 0 Å². The van der Waals surface area contributed by atoms with E-state index in [1.54, 1.807) is 25.3 Å². The minimum atomic E-state index is -0.712. The fourth-order valence-electron chi connectivity index (χ4n) is 3.25. The van der Waals surface area contributed by atoms with Crippen LogP contribution in [0.5, 0.6) is 5.75 Å². The van der Waals surface area contributed by atoms with E-state index in [-0.39, 0.29) is 18.2 Å². The molecule has 6 nitrogen and oxygen atoms in total. The van der Waals surface area contributed by atoms with Gasteiger partial charge in [0.15, 0.2) is 0 Å². The van der Waals surface area contributed by atoms with Gasteiger partial charge in [-0.15, -0.1) is 0 Å². The van der Waals surface area contributed by atoms with Crippen LogP contribution in [0.25, 0.3) is 0 Å². The molecular weight excluding hydrogens is 390 g/mol. The zero-order valence-corrected chi connectivity index (χ0v) is 17.5. The Labute approximate surface area is 182 Å². The van der Waals surface area contributed by atoms with E-state index < -0.39 is 6.04 Å². The van der Waals surface area contributed by atoms with Gasteiger partial charge in [-0.2, -0.15) is 0 Å². The van der Waals surface area contributed by atoms with Crippen LogP contribution in [0.15, 0.2) is 78.9 Å². The van der Waals surface area contributed by atoms with Crippen molar-refractivity contribution < 1.29 is 14.3 Å². The molecule has 3 aromatic carbocycles. The van der Waals surface area contributed by atoms with Gasteiger partial charge in [-0.25, -0.2) is 0 Å². The first-order valence-electron chi connectivity index (χ1n) is 10.1. The number of nitrogens with two attached hydrogens (primary N) is 1. The summed E-state index contributed by atoms with van der Waals surface area (Å²) < 4.78 is 5.15. The van der Waals surface area contributed by atoms with Crippen molar-refractivity contribution in [1.29, 1.82) is 0 Å². The Morgan fingerprint density at radius 1 is 0.903 bits per heavy atom.